The summed E-state index contributed by atoms with van der Waals surface area (Å²) in [6, 6.07) is 2.16. The Morgan fingerprint density at radius 3 is 2.85 bits per heavy atom. The lowest BCUT2D eigenvalue weighted by Crippen LogP contribution is -2.40. The minimum absolute atomic E-state index is 0.0455. The maximum absolute atomic E-state index is 11.5. The molecular weight excluding hydrogens is 164 g/mol. The maximum Gasteiger partial charge on any atom is 0.223 e. The van der Waals surface area contributed by atoms with Gasteiger partial charge in [-0.3, -0.25) is 4.79 Å². The number of hydrogen-bond acceptors (Lipinski definition) is 2. The number of carbonyl (C=O) groups is 1. The van der Waals surface area contributed by atoms with Crippen LogP contribution in [-0.2, 0) is 4.79 Å². The lowest BCUT2D eigenvalue weighted by atomic mass is 9.97. The van der Waals surface area contributed by atoms with E-state index in [1.54, 1.807) is 0 Å². The standard InChI is InChI=1S/C10H16N2O/c1-8(2)7-12-4-3-9(6-11)5-10(12)13/h8-9H,3-5,7H2,1-2H3. The first-order valence-electron chi connectivity index (χ1n) is 4.81. The van der Waals surface area contributed by atoms with E-state index in [9.17, 15) is 4.79 Å². The Morgan fingerprint density at radius 2 is 2.38 bits per heavy atom. The first-order valence-corrected chi connectivity index (χ1v) is 4.81. The zero-order valence-corrected chi connectivity index (χ0v) is 8.29. The van der Waals surface area contributed by atoms with Crippen LogP contribution in [0.2, 0.25) is 0 Å². The molecule has 0 saturated carbocycles. The monoisotopic (exact) mass is 180 g/mol. The smallest absolute Gasteiger partial charge is 0.223 e. The summed E-state index contributed by atoms with van der Waals surface area (Å²) in [4.78, 5) is 13.3. The molecular formula is C10H16N2O. The second-order valence-electron chi connectivity index (χ2n) is 4.05. The zero-order chi connectivity index (χ0) is 9.84. The van der Waals surface area contributed by atoms with Gasteiger partial charge in [-0.05, 0) is 12.3 Å². The third-order valence-electron chi connectivity index (χ3n) is 2.29. The number of carbonyl (C=O) groups excluding carboxylic acids is 1. The van der Waals surface area contributed by atoms with Crippen molar-refractivity contribution < 1.29 is 4.79 Å². The fraction of sp³-hybridized carbons (Fsp3) is 0.800. The molecule has 72 valence electrons. The molecule has 1 aliphatic rings. The van der Waals surface area contributed by atoms with Crippen LogP contribution in [0.4, 0.5) is 0 Å². The fourth-order valence-electron chi connectivity index (χ4n) is 1.62. The Bertz CT molecular complexity index is 230. The van der Waals surface area contributed by atoms with Gasteiger partial charge in [0.2, 0.25) is 5.91 Å². The summed E-state index contributed by atoms with van der Waals surface area (Å²) in [6.45, 7) is 5.79. The van der Waals surface area contributed by atoms with E-state index < -0.39 is 0 Å². The highest BCUT2D eigenvalue weighted by atomic mass is 16.2. The van der Waals surface area contributed by atoms with Crippen LogP contribution in [0.1, 0.15) is 26.7 Å². The van der Waals surface area contributed by atoms with Gasteiger partial charge in [0.05, 0.1) is 12.0 Å². The van der Waals surface area contributed by atoms with E-state index in [0.717, 1.165) is 19.5 Å². The molecule has 1 fully saturated rings. The third kappa shape index (κ3) is 2.73. The zero-order valence-electron chi connectivity index (χ0n) is 8.29. The molecule has 0 aromatic heterocycles. The predicted octanol–water partition coefficient (Wildman–Crippen LogP) is 1.40. The number of nitriles is 1. The summed E-state index contributed by atoms with van der Waals surface area (Å²) in [5.74, 6) is 0.616. The van der Waals surface area contributed by atoms with E-state index in [0.29, 0.717) is 12.3 Å². The first-order chi connectivity index (χ1) is 6.13. The summed E-state index contributed by atoms with van der Waals surface area (Å²) in [6.07, 6.45) is 1.26. The van der Waals surface area contributed by atoms with Gasteiger partial charge in [-0.1, -0.05) is 13.8 Å². The number of piperidine rings is 1. The van der Waals surface area contributed by atoms with E-state index in [2.05, 4.69) is 19.9 Å². The third-order valence-corrected chi connectivity index (χ3v) is 2.29. The molecule has 3 nitrogen and oxygen atoms in total. The Morgan fingerprint density at radius 1 is 1.69 bits per heavy atom. The Kier molecular flexibility index (Phi) is 3.30. The highest BCUT2D eigenvalue weighted by Crippen LogP contribution is 2.18. The molecule has 3 heteroatoms. The summed E-state index contributed by atoms with van der Waals surface area (Å²) < 4.78 is 0. The summed E-state index contributed by atoms with van der Waals surface area (Å²) in [5, 5.41) is 8.66. The molecule has 1 aliphatic heterocycles. The quantitative estimate of drug-likeness (QED) is 0.644. The van der Waals surface area contributed by atoms with Gasteiger partial charge in [0.1, 0.15) is 0 Å². The highest BCUT2D eigenvalue weighted by Gasteiger charge is 2.25. The topological polar surface area (TPSA) is 44.1 Å². The van der Waals surface area contributed by atoms with Crippen molar-refractivity contribution in [3.63, 3.8) is 0 Å². The van der Waals surface area contributed by atoms with Crippen LogP contribution >= 0.6 is 0 Å². The average molecular weight is 180 g/mol. The molecule has 1 atom stereocenters. The highest BCUT2D eigenvalue weighted by molar-refractivity contribution is 5.77. The maximum atomic E-state index is 11.5. The molecule has 1 heterocycles. The molecule has 1 saturated heterocycles. The van der Waals surface area contributed by atoms with Crippen LogP contribution in [0.15, 0.2) is 0 Å². The van der Waals surface area contributed by atoms with E-state index >= 15 is 0 Å². The van der Waals surface area contributed by atoms with Gasteiger partial charge < -0.3 is 4.90 Å². The molecule has 0 N–H and O–H groups in total. The average Bonchev–Trinajstić information content (AvgIpc) is 2.08. The molecule has 0 spiro atoms. The lowest BCUT2D eigenvalue weighted by molar-refractivity contribution is -0.134. The van der Waals surface area contributed by atoms with Gasteiger partial charge >= 0.3 is 0 Å². The molecule has 13 heavy (non-hydrogen) atoms. The van der Waals surface area contributed by atoms with E-state index in [4.69, 9.17) is 5.26 Å². The SMILES string of the molecule is CC(C)CN1CCC(C#N)CC1=O. The van der Waals surface area contributed by atoms with Crippen molar-refractivity contribution in [1.82, 2.24) is 4.90 Å². The molecule has 0 aliphatic carbocycles. The Hall–Kier alpha value is -1.04. The van der Waals surface area contributed by atoms with Crippen molar-refractivity contribution in [3.05, 3.63) is 0 Å². The minimum Gasteiger partial charge on any atom is -0.342 e. The molecule has 1 amide bonds. The first kappa shape index (κ1) is 10.0. The van der Waals surface area contributed by atoms with Crippen molar-refractivity contribution in [3.8, 4) is 6.07 Å². The van der Waals surface area contributed by atoms with Crippen molar-refractivity contribution >= 4 is 5.91 Å². The van der Waals surface area contributed by atoms with Crippen molar-refractivity contribution in [2.45, 2.75) is 26.7 Å². The Balaban J connectivity index is 2.45. The van der Waals surface area contributed by atoms with Crippen LogP contribution < -0.4 is 0 Å². The van der Waals surface area contributed by atoms with Gasteiger partial charge in [0.25, 0.3) is 0 Å². The van der Waals surface area contributed by atoms with E-state index in [1.807, 2.05) is 4.90 Å². The molecule has 1 unspecified atom stereocenters. The number of likely N-dealkylation sites (tertiary alicyclic amines) is 1. The second-order valence-corrected chi connectivity index (χ2v) is 4.05. The second kappa shape index (κ2) is 4.27. The largest absolute Gasteiger partial charge is 0.342 e. The van der Waals surface area contributed by atoms with Crippen LogP contribution in [-0.4, -0.2) is 23.9 Å². The molecule has 1 rings (SSSR count). The van der Waals surface area contributed by atoms with Gasteiger partial charge in [0.15, 0.2) is 0 Å². The summed E-state index contributed by atoms with van der Waals surface area (Å²) in [5.41, 5.74) is 0. The van der Waals surface area contributed by atoms with Crippen LogP contribution in [0.3, 0.4) is 0 Å². The van der Waals surface area contributed by atoms with Gasteiger partial charge in [0, 0.05) is 19.5 Å². The number of rotatable bonds is 2. The predicted molar refractivity (Wildman–Crippen MR) is 49.8 cm³/mol. The number of hydrogen-bond donors (Lipinski definition) is 0. The van der Waals surface area contributed by atoms with Gasteiger partial charge in [-0.2, -0.15) is 5.26 Å². The van der Waals surface area contributed by atoms with E-state index in [1.165, 1.54) is 0 Å². The molecule has 0 aromatic carbocycles. The summed E-state index contributed by atoms with van der Waals surface area (Å²) >= 11 is 0. The van der Waals surface area contributed by atoms with Crippen molar-refractivity contribution in [2.24, 2.45) is 11.8 Å². The van der Waals surface area contributed by atoms with Crippen LogP contribution in [0.25, 0.3) is 0 Å². The van der Waals surface area contributed by atoms with Gasteiger partial charge in [-0.25, -0.2) is 0 Å². The lowest BCUT2D eigenvalue weighted by Gasteiger charge is -2.30. The molecule has 0 radical (unpaired) electrons. The van der Waals surface area contributed by atoms with E-state index in [-0.39, 0.29) is 11.8 Å². The normalized spacial score (nSPS) is 23.4. The summed E-state index contributed by atoms with van der Waals surface area (Å²) in [7, 11) is 0. The van der Waals surface area contributed by atoms with Crippen LogP contribution in [0.5, 0.6) is 0 Å². The fourth-order valence-corrected chi connectivity index (χ4v) is 1.62. The van der Waals surface area contributed by atoms with Crippen LogP contribution in [0, 0.1) is 23.2 Å². The Labute approximate surface area is 79.3 Å². The molecule has 0 aromatic rings. The number of nitrogens with zero attached hydrogens (tertiary/aromatic N) is 2. The van der Waals surface area contributed by atoms with Crippen molar-refractivity contribution in [1.29, 1.82) is 5.26 Å². The van der Waals surface area contributed by atoms with Crippen molar-refractivity contribution in [2.75, 3.05) is 13.1 Å². The minimum atomic E-state index is -0.0455. The number of amides is 1. The molecule has 0 bridgehead atoms. The van der Waals surface area contributed by atoms with Gasteiger partial charge in [-0.15, -0.1) is 0 Å².